The average molecular weight is 418 g/mol. The number of hydrogen-bond acceptors (Lipinski definition) is 7. The fraction of sp³-hybridized carbons (Fsp3) is 0.316. The molecule has 7 nitrogen and oxygen atoms in total. The maximum absolute atomic E-state index is 12.6. The third kappa shape index (κ3) is 3.35. The molecule has 2 aliphatic heterocycles. The van der Waals surface area contributed by atoms with Gasteiger partial charge in [0.2, 0.25) is 5.78 Å². The summed E-state index contributed by atoms with van der Waals surface area (Å²) in [5.74, 6) is -0.513. The third-order valence-corrected chi connectivity index (χ3v) is 7.14. The van der Waals surface area contributed by atoms with Crippen LogP contribution in [-0.2, 0) is 19.6 Å². The molecule has 2 aliphatic rings. The Morgan fingerprint density at radius 1 is 1.25 bits per heavy atom. The second-order valence-corrected chi connectivity index (χ2v) is 9.54. The van der Waals surface area contributed by atoms with E-state index in [4.69, 9.17) is 4.74 Å². The van der Waals surface area contributed by atoms with Crippen LogP contribution < -0.4 is 0 Å². The van der Waals surface area contributed by atoms with Crippen molar-refractivity contribution in [3.05, 3.63) is 51.7 Å². The van der Waals surface area contributed by atoms with E-state index in [0.717, 1.165) is 4.88 Å². The Kier molecular flexibility index (Phi) is 4.80. The molecule has 0 amide bonds. The molecule has 0 spiro atoms. The van der Waals surface area contributed by atoms with Crippen molar-refractivity contribution in [3.8, 4) is 0 Å². The molecular weight excluding hydrogens is 400 g/mol. The monoisotopic (exact) mass is 418 g/mol. The number of sulfonamides is 1. The number of rotatable bonds is 4. The van der Waals surface area contributed by atoms with Crippen molar-refractivity contribution in [1.29, 1.82) is 0 Å². The predicted molar refractivity (Wildman–Crippen MR) is 104 cm³/mol. The number of esters is 1. The molecule has 1 saturated heterocycles. The number of carbonyl (C=O) groups is 2. The van der Waals surface area contributed by atoms with Gasteiger partial charge >= 0.3 is 5.97 Å². The minimum atomic E-state index is -3.76. The quantitative estimate of drug-likeness (QED) is 0.559. The fourth-order valence-corrected chi connectivity index (χ4v) is 5.46. The molecule has 1 unspecified atom stereocenters. The van der Waals surface area contributed by atoms with Gasteiger partial charge in [-0.15, -0.1) is 15.7 Å². The number of thiophene rings is 1. The van der Waals surface area contributed by atoms with E-state index in [9.17, 15) is 18.0 Å². The molecule has 1 fully saturated rings. The number of ketones is 1. The Labute approximate surface area is 166 Å². The molecule has 2 aromatic rings. The van der Waals surface area contributed by atoms with Crippen LogP contribution in [0.5, 0.6) is 0 Å². The summed E-state index contributed by atoms with van der Waals surface area (Å²) < 4.78 is 33.7. The summed E-state index contributed by atoms with van der Waals surface area (Å²) in [5.41, 5.74) is 0.493. The van der Waals surface area contributed by atoms with Gasteiger partial charge in [0.15, 0.2) is 12.4 Å². The normalized spacial score (nSPS) is 20.0. The SMILES string of the molecule is Cc1ccc(C(=O)COC(=O)C2CCCN2C2=NS(=O)(=O)c3ccccc32)s1. The van der Waals surface area contributed by atoms with Gasteiger partial charge in [-0.2, -0.15) is 8.42 Å². The van der Waals surface area contributed by atoms with E-state index in [1.165, 1.54) is 17.4 Å². The van der Waals surface area contributed by atoms with Crippen LogP contribution in [0.4, 0.5) is 0 Å². The van der Waals surface area contributed by atoms with Gasteiger partial charge in [-0.1, -0.05) is 12.1 Å². The summed E-state index contributed by atoms with van der Waals surface area (Å²) >= 11 is 1.36. The Balaban J connectivity index is 1.50. The van der Waals surface area contributed by atoms with Gasteiger partial charge in [0.05, 0.1) is 4.88 Å². The smallest absolute Gasteiger partial charge is 0.329 e. The Hall–Kier alpha value is -2.52. The Morgan fingerprint density at radius 3 is 2.79 bits per heavy atom. The summed E-state index contributed by atoms with van der Waals surface area (Å²) in [6, 6.07) is 9.47. The minimum Gasteiger partial charge on any atom is -0.456 e. The van der Waals surface area contributed by atoms with Crippen molar-refractivity contribution in [1.82, 2.24) is 4.90 Å². The lowest BCUT2D eigenvalue weighted by Gasteiger charge is -2.24. The van der Waals surface area contributed by atoms with E-state index in [2.05, 4.69) is 4.40 Å². The lowest BCUT2D eigenvalue weighted by atomic mass is 10.1. The van der Waals surface area contributed by atoms with Crippen LogP contribution >= 0.6 is 11.3 Å². The Morgan fingerprint density at radius 2 is 2.04 bits per heavy atom. The molecule has 0 bridgehead atoms. The van der Waals surface area contributed by atoms with Crippen LogP contribution in [0.1, 0.15) is 33.0 Å². The molecule has 1 aromatic heterocycles. The van der Waals surface area contributed by atoms with Crippen LogP contribution in [0, 0.1) is 6.92 Å². The van der Waals surface area contributed by atoms with Gasteiger partial charge < -0.3 is 9.64 Å². The van der Waals surface area contributed by atoms with Crippen molar-refractivity contribution in [2.24, 2.45) is 4.40 Å². The number of ether oxygens (including phenoxy) is 1. The number of nitrogens with zero attached hydrogens (tertiary/aromatic N) is 2. The molecule has 9 heteroatoms. The molecule has 1 atom stereocenters. The molecule has 4 rings (SSSR count). The maximum atomic E-state index is 12.6. The summed E-state index contributed by atoms with van der Waals surface area (Å²) in [4.78, 5) is 28.2. The number of amidine groups is 1. The first kappa shape index (κ1) is 18.8. The van der Waals surface area contributed by atoms with Crippen molar-refractivity contribution in [3.63, 3.8) is 0 Å². The molecule has 3 heterocycles. The van der Waals surface area contributed by atoms with Crippen LogP contribution in [0.15, 0.2) is 45.7 Å². The second kappa shape index (κ2) is 7.14. The minimum absolute atomic E-state index is 0.146. The van der Waals surface area contributed by atoms with Crippen molar-refractivity contribution in [2.45, 2.75) is 30.7 Å². The van der Waals surface area contributed by atoms with E-state index < -0.39 is 22.0 Å². The fourth-order valence-electron chi connectivity index (χ4n) is 3.45. The summed E-state index contributed by atoms with van der Waals surface area (Å²) in [5, 5.41) is 0. The molecule has 146 valence electrons. The molecule has 1 aromatic carbocycles. The molecule has 0 saturated carbocycles. The molecule has 0 radical (unpaired) electrons. The highest BCUT2D eigenvalue weighted by atomic mass is 32.2. The zero-order chi connectivity index (χ0) is 19.9. The third-order valence-electron chi connectivity index (χ3n) is 4.77. The number of likely N-dealkylation sites (tertiary alicyclic amines) is 1. The lowest BCUT2D eigenvalue weighted by molar-refractivity contribution is -0.146. The van der Waals surface area contributed by atoms with Crippen LogP contribution in [0.2, 0.25) is 0 Å². The van der Waals surface area contributed by atoms with Crippen molar-refractivity contribution >= 4 is 38.9 Å². The van der Waals surface area contributed by atoms with Gasteiger partial charge in [0.1, 0.15) is 10.9 Å². The van der Waals surface area contributed by atoms with E-state index in [0.29, 0.717) is 29.8 Å². The van der Waals surface area contributed by atoms with Gasteiger partial charge in [0.25, 0.3) is 10.0 Å². The standard InChI is InChI=1S/C19H18N2O5S2/c1-12-8-9-16(27-12)15(22)11-26-19(23)14-6-4-10-21(14)18-13-5-2-3-7-17(13)28(24,25)20-18/h2-3,5,7-9,14H,4,6,10-11H2,1H3. The van der Waals surface area contributed by atoms with Gasteiger partial charge in [0, 0.05) is 17.0 Å². The van der Waals surface area contributed by atoms with Gasteiger partial charge in [-0.05, 0) is 44.0 Å². The molecule has 0 N–H and O–H groups in total. The van der Waals surface area contributed by atoms with Crippen molar-refractivity contribution < 1.29 is 22.7 Å². The number of fused-ring (bicyclic) bond motifs is 1. The molecular formula is C19H18N2O5S2. The second-order valence-electron chi connectivity index (χ2n) is 6.68. The number of benzene rings is 1. The number of Topliss-reactive ketones (excluding diaryl/α,β-unsaturated/α-hetero) is 1. The largest absolute Gasteiger partial charge is 0.456 e. The molecule has 28 heavy (non-hydrogen) atoms. The zero-order valence-corrected chi connectivity index (χ0v) is 16.8. The van der Waals surface area contributed by atoms with Crippen molar-refractivity contribution in [2.75, 3.05) is 13.2 Å². The summed E-state index contributed by atoms with van der Waals surface area (Å²) in [7, 11) is -3.76. The highest BCUT2D eigenvalue weighted by Crippen LogP contribution is 2.31. The van der Waals surface area contributed by atoms with Gasteiger partial charge in [-0.25, -0.2) is 4.79 Å². The lowest BCUT2D eigenvalue weighted by Crippen LogP contribution is -2.41. The van der Waals surface area contributed by atoms with Gasteiger partial charge in [-0.3, -0.25) is 4.79 Å². The van der Waals surface area contributed by atoms with E-state index in [1.54, 1.807) is 29.2 Å². The maximum Gasteiger partial charge on any atom is 0.329 e. The van der Waals surface area contributed by atoms with E-state index in [-0.39, 0.29) is 23.1 Å². The number of carbonyl (C=O) groups excluding carboxylic acids is 2. The van der Waals surface area contributed by atoms with Crippen LogP contribution in [0.3, 0.4) is 0 Å². The summed E-state index contributed by atoms with van der Waals surface area (Å²) in [6.07, 6.45) is 1.23. The van der Waals surface area contributed by atoms with E-state index in [1.807, 2.05) is 13.0 Å². The number of aryl methyl sites for hydroxylation is 1. The molecule has 0 aliphatic carbocycles. The predicted octanol–water partition coefficient (Wildman–Crippen LogP) is 2.40. The first-order valence-corrected chi connectivity index (χ1v) is 11.1. The van der Waals surface area contributed by atoms with E-state index >= 15 is 0 Å². The first-order chi connectivity index (χ1) is 13.4. The topological polar surface area (TPSA) is 93.1 Å². The zero-order valence-electron chi connectivity index (χ0n) is 15.1. The average Bonchev–Trinajstić information content (AvgIpc) is 3.38. The van der Waals surface area contributed by atoms with Crippen LogP contribution in [0.25, 0.3) is 0 Å². The number of hydrogen-bond donors (Lipinski definition) is 0. The Bertz CT molecular complexity index is 1090. The highest BCUT2D eigenvalue weighted by molar-refractivity contribution is 7.90. The first-order valence-electron chi connectivity index (χ1n) is 8.84. The van der Waals surface area contributed by atoms with Crippen LogP contribution in [-0.4, -0.2) is 50.1 Å². The summed E-state index contributed by atoms with van der Waals surface area (Å²) in [6.45, 7) is 2.07. The highest BCUT2D eigenvalue weighted by Gasteiger charge is 2.40.